The maximum Gasteiger partial charge on any atom is 0.174 e. The van der Waals surface area contributed by atoms with Crippen LogP contribution in [0, 0.1) is 5.82 Å². The van der Waals surface area contributed by atoms with Crippen LogP contribution in [0.25, 0.3) is 0 Å². The molecule has 110 valence electrons. The number of hydrogen-bond donors (Lipinski definition) is 0. The summed E-state index contributed by atoms with van der Waals surface area (Å²) in [4.78, 5) is 11.8. The maximum absolute atomic E-state index is 13.4. The molecule has 0 unspecified atom stereocenters. The van der Waals surface area contributed by atoms with Gasteiger partial charge in [-0.05, 0) is 35.2 Å². The Balaban J connectivity index is 1.88. The molecule has 0 bridgehead atoms. The lowest BCUT2D eigenvalue weighted by atomic mass is 10.0. The summed E-state index contributed by atoms with van der Waals surface area (Å²) in [5, 5.41) is 0. The van der Waals surface area contributed by atoms with E-state index in [4.69, 9.17) is 4.74 Å². The van der Waals surface area contributed by atoms with Crippen molar-refractivity contribution in [3.05, 3.63) is 65.5 Å². The van der Waals surface area contributed by atoms with Gasteiger partial charge < -0.3 is 4.74 Å². The summed E-state index contributed by atoms with van der Waals surface area (Å²) in [6, 6.07) is 14.0. The van der Waals surface area contributed by atoms with Gasteiger partial charge in [-0.2, -0.15) is 0 Å². The Morgan fingerprint density at radius 2 is 1.76 bits per heavy atom. The maximum atomic E-state index is 13.4. The number of hydrogen-bond acceptors (Lipinski definition) is 2. The van der Waals surface area contributed by atoms with Crippen molar-refractivity contribution in [2.75, 3.05) is 6.61 Å². The van der Waals surface area contributed by atoms with Crippen molar-refractivity contribution >= 4 is 5.78 Å². The number of carbonyl (C=O) groups excluding carboxylic acids is 1. The Bertz CT molecular complexity index is 603. The second-order valence-electron chi connectivity index (χ2n) is 5.32. The van der Waals surface area contributed by atoms with E-state index in [0.717, 1.165) is 0 Å². The van der Waals surface area contributed by atoms with Crippen LogP contribution in [0.4, 0.5) is 4.39 Å². The summed E-state index contributed by atoms with van der Waals surface area (Å²) in [6.45, 7) is 4.19. The van der Waals surface area contributed by atoms with Gasteiger partial charge in [0.15, 0.2) is 5.78 Å². The van der Waals surface area contributed by atoms with Gasteiger partial charge in [-0.25, -0.2) is 4.39 Å². The fourth-order valence-electron chi connectivity index (χ4n) is 2.02. The summed E-state index contributed by atoms with van der Waals surface area (Å²) in [5.41, 5.74) is 1.63. The van der Waals surface area contributed by atoms with Crippen LogP contribution in [-0.4, -0.2) is 12.4 Å². The number of ether oxygens (including phenoxy) is 1. The molecule has 0 aliphatic heterocycles. The highest BCUT2D eigenvalue weighted by molar-refractivity contribution is 5.82. The molecule has 0 fully saturated rings. The van der Waals surface area contributed by atoms with Gasteiger partial charge in [0.2, 0.25) is 0 Å². The molecule has 0 aliphatic rings. The molecular weight excluding hydrogens is 267 g/mol. The molecule has 21 heavy (non-hydrogen) atoms. The molecule has 0 aromatic heterocycles. The summed E-state index contributed by atoms with van der Waals surface area (Å²) < 4.78 is 18.9. The highest BCUT2D eigenvalue weighted by Crippen LogP contribution is 2.18. The Morgan fingerprint density at radius 1 is 1.10 bits per heavy atom. The lowest BCUT2D eigenvalue weighted by Gasteiger charge is -2.08. The minimum absolute atomic E-state index is 0.0463. The zero-order valence-corrected chi connectivity index (χ0v) is 12.3. The lowest BCUT2D eigenvalue weighted by Crippen LogP contribution is -2.14. The molecule has 0 spiro atoms. The fraction of sp³-hybridized carbons (Fsp3) is 0.278. The van der Waals surface area contributed by atoms with Crippen LogP contribution in [0.1, 0.15) is 30.9 Å². The Hall–Kier alpha value is -2.16. The zero-order chi connectivity index (χ0) is 15.2. The molecule has 2 aromatic rings. The Kier molecular flexibility index (Phi) is 5.09. The molecule has 0 atom stereocenters. The minimum Gasteiger partial charge on any atom is -0.486 e. The van der Waals surface area contributed by atoms with Gasteiger partial charge in [0, 0.05) is 6.42 Å². The van der Waals surface area contributed by atoms with Crippen LogP contribution in [0.5, 0.6) is 5.75 Å². The SMILES string of the molecule is CC(C)c1ccc(OCC(=O)Cc2ccccc2F)cc1. The van der Waals surface area contributed by atoms with E-state index in [2.05, 4.69) is 13.8 Å². The summed E-state index contributed by atoms with van der Waals surface area (Å²) in [6.07, 6.45) is 0.0523. The molecule has 0 radical (unpaired) electrons. The fourth-order valence-corrected chi connectivity index (χ4v) is 2.02. The first-order valence-corrected chi connectivity index (χ1v) is 7.04. The van der Waals surface area contributed by atoms with E-state index >= 15 is 0 Å². The van der Waals surface area contributed by atoms with Crippen LogP contribution in [0.2, 0.25) is 0 Å². The molecule has 0 amide bonds. The smallest absolute Gasteiger partial charge is 0.174 e. The largest absolute Gasteiger partial charge is 0.486 e. The average molecular weight is 286 g/mol. The number of Topliss-reactive ketones (excluding diaryl/α,β-unsaturated/α-hetero) is 1. The van der Waals surface area contributed by atoms with Crippen LogP contribution in [0.3, 0.4) is 0 Å². The van der Waals surface area contributed by atoms with Crippen LogP contribution in [-0.2, 0) is 11.2 Å². The Morgan fingerprint density at radius 3 is 2.38 bits per heavy atom. The van der Waals surface area contributed by atoms with E-state index in [-0.39, 0.29) is 24.6 Å². The third-order valence-corrected chi connectivity index (χ3v) is 3.29. The molecule has 3 heteroatoms. The quantitative estimate of drug-likeness (QED) is 0.797. The summed E-state index contributed by atoms with van der Waals surface area (Å²) in [5.74, 6) is 0.614. The average Bonchev–Trinajstić information content (AvgIpc) is 2.48. The third-order valence-electron chi connectivity index (χ3n) is 3.29. The van der Waals surface area contributed by atoms with Crippen molar-refractivity contribution in [2.45, 2.75) is 26.2 Å². The van der Waals surface area contributed by atoms with Crippen molar-refractivity contribution in [1.82, 2.24) is 0 Å². The van der Waals surface area contributed by atoms with E-state index in [1.807, 2.05) is 24.3 Å². The molecule has 0 heterocycles. The number of ketones is 1. The number of halogens is 1. The first-order chi connectivity index (χ1) is 10.1. The highest BCUT2D eigenvalue weighted by atomic mass is 19.1. The van der Waals surface area contributed by atoms with Crippen molar-refractivity contribution in [3.63, 3.8) is 0 Å². The monoisotopic (exact) mass is 286 g/mol. The number of carbonyl (C=O) groups is 1. The Labute approximate surface area is 124 Å². The molecule has 0 saturated heterocycles. The van der Waals surface area contributed by atoms with Gasteiger partial charge >= 0.3 is 0 Å². The highest BCUT2D eigenvalue weighted by Gasteiger charge is 2.08. The number of benzene rings is 2. The van der Waals surface area contributed by atoms with Gasteiger partial charge in [0.25, 0.3) is 0 Å². The van der Waals surface area contributed by atoms with E-state index in [1.54, 1.807) is 18.2 Å². The molecule has 0 saturated carbocycles. The van der Waals surface area contributed by atoms with E-state index in [9.17, 15) is 9.18 Å². The van der Waals surface area contributed by atoms with Crippen molar-refractivity contribution < 1.29 is 13.9 Å². The third kappa shape index (κ3) is 4.42. The van der Waals surface area contributed by atoms with Gasteiger partial charge in [0.05, 0.1) is 0 Å². The van der Waals surface area contributed by atoms with Crippen molar-refractivity contribution in [2.24, 2.45) is 0 Å². The van der Waals surface area contributed by atoms with E-state index in [0.29, 0.717) is 17.2 Å². The summed E-state index contributed by atoms with van der Waals surface area (Å²) in [7, 11) is 0. The van der Waals surface area contributed by atoms with Crippen LogP contribution >= 0.6 is 0 Å². The zero-order valence-electron chi connectivity index (χ0n) is 12.3. The van der Waals surface area contributed by atoms with Crippen molar-refractivity contribution in [3.8, 4) is 5.75 Å². The lowest BCUT2D eigenvalue weighted by molar-refractivity contribution is -0.120. The van der Waals surface area contributed by atoms with Crippen LogP contribution < -0.4 is 4.74 Å². The van der Waals surface area contributed by atoms with Crippen LogP contribution in [0.15, 0.2) is 48.5 Å². The van der Waals surface area contributed by atoms with Gasteiger partial charge in [-0.1, -0.05) is 44.2 Å². The first-order valence-electron chi connectivity index (χ1n) is 7.04. The summed E-state index contributed by atoms with van der Waals surface area (Å²) >= 11 is 0. The second-order valence-corrected chi connectivity index (χ2v) is 5.32. The molecule has 0 aliphatic carbocycles. The van der Waals surface area contributed by atoms with Gasteiger partial charge in [-0.3, -0.25) is 4.79 Å². The number of rotatable bonds is 6. The first kappa shape index (κ1) is 15.2. The predicted molar refractivity (Wildman–Crippen MR) is 81.1 cm³/mol. The van der Waals surface area contributed by atoms with Crippen molar-refractivity contribution in [1.29, 1.82) is 0 Å². The molecule has 2 aromatic carbocycles. The van der Waals surface area contributed by atoms with Gasteiger partial charge in [-0.15, -0.1) is 0 Å². The normalized spacial score (nSPS) is 10.7. The topological polar surface area (TPSA) is 26.3 Å². The van der Waals surface area contributed by atoms with Gasteiger partial charge in [0.1, 0.15) is 18.2 Å². The predicted octanol–water partition coefficient (Wildman–Crippen LogP) is 4.14. The molecule has 2 rings (SSSR count). The second kappa shape index (κ2) is 7.02. The minimum atomic E-state index is -0.355. The molecule has 2 nitrogen and oxygen atoms in total. The molecular formula is C18H19FO2. The molecule has 0 N–H and O–H groups in total. The standard InChI is InChI=1S/C18H19FO2/c1-13(2)14-7-9-17(10-8-14)21-12-16(20)11-15-5-3-4-6-18(15)19/h3-10,13H,11-12H2,1-2H3. The van der Waals surface area contributed by atoms with E-state index in [1.165, 1.54) is 11.6 Å². The van der Waals surface area contributed by atoms with E-state index < -0.39 is 0 Å².